The molecule has 0 unspecified atom stereocenters. The van der Waals surface area contributed by atoms with Crippen molar-refractivity contribution in [3.05, 3.63) is 95.6 Å². The Labute approximate surface area is 180 Å². The molecule has 0 aliphatic heterocycles. The molecule has 0 fully saturated rings. The number of ether oxygens (including phenoxy) is 1. The van der Waals surface area contributed by atoms with Crippen molar-refractivity contribution >= 4 is 27.7 Å². The molecule has 0 aromatic heterocycles. The molecule has 8 heteroatoms. The number of anilines is 1. The Morgan fingerprint density at radius 2 is 1.65 bits per heavy atom. The van der Waals surface area contributed by atoms with Gasteiger partial charge < -0.3 is 10.1 Å². The molecule has 7 nitrogen and oxygen atoms in total. The minimum Gasteiger partial charge on any atom is -0.489 e. The van der Waals surface area contributed by atoms with Gasteiger partial charge in [-0.05, 0) is 53.6 Å². The fraction of sp³-hybridized carbons (Fsp3) is 0.0435. The molecule has 156 valence electrons. The number of nitriles is 1. The number of benzene rings is 3. The van der Waals surface area contributed by atoms with Crippen molar-refractivity contribution < 1.29 is 17.9 Å². The molecule has 3 aromatic rings. The van der Waals surface area contributed by atoms with Crippen LogP contribution in [-0.4, -0.2) is 14.3 Å². The van der Waals surface area contributed by atoms with Gasteiger partial charge in [0, 0.05) is 5.69 Å². The molecule has 0 bridgehead atoms. The van der Waals surface area contributed by atoms with E-state index in [0.29, 0.717) is 23.6 Å². The summed E-state index contributed by atoms with van der Waals surface area (Å²) < 4.78 is 28.3. The Morgan fingerprint density at radius 3 is 2.23 bits per heavy atom. The van der Waals surface area contributed by atoms with Crippen LogP contribution >= 0.6 is 0 Å². The normalized spacial score (nSPS) is 11.4. The number of sulfonamides is 1. The molecule has 1 amide bonds. The summed E-state index contributed by atoms with van der Waals surface area (Å²) in [6.45, 7) is 0.437. The van der Waals surface area contributed by atoms with E-state index in [4.69, 9.17) is 9.88 Å². The average Bonchev–Trinajstić information content (AvgIpc) is 2.77. The van der Waals surface area contributed by atoms with E-state index in [9.17, 15) is 18.5 Å². The zero-order chi connectivity index (χ0) is 22.3. The van der Waals surface area contributed by atoms with Crippen LogP contribution in [0.4, 0.5) is 5.69 Å². The molecule has 0 atom stereocenters. The summed E-state index contributed by atoms with van der Waals surface area (Å²) in [4.78, 5) is 12.3. The van der Waals surface area contributed by atoms with Gasteiger partial charge in [-0.2, -0.15) is 5.26 Å². The van der Waals surface area contributed by atoms with E-state index in [0.717, 1.165) is 5.56 Å². The van der Waals surface area contributed by atoms with Crippen molar-refractivity contribution in [1.82, 2.24) is 0 Å². The minimum absolute atomic E-state index is 0.0730. The van der Waals surface area contributed by atoms with E-state index in [-0.39, 0.29) is 10.5 Å². The van der Waals surface area contributed by atoms with Gasteiger partial charge in [0.2, 0.25) is 10.0 Å². The van der Waals surface area contributed by atoms with Gasteiger partial charge in [-0.15, -0.1) is 0 Å². The molecule has 0 saturated carbocycles. The number of hydrogen-bond donors (Lipinski definition) is 2. The van der Waals surface area contributed by atoms with Gasteiger partial charge in [0.05, 0.1) is 4.90 Å². The number of rotatable bonds is 7. The van der Waals surface area contributed by atoms with E-state index in [1.807, 2.05) is 36.4 Å². The molecule has 0 saturated heterocycles. The summed E-state index contributed by atoms with van der Waals surface area (Å²) in [6, 6.07) is 24.0. The summed E-state index contributed by atoms with van der Waals surface area (Å²) >= 11 is 0. The third-order valence-electron chi connectivity index (χ3n) is 4.25. The molecule has 3 rings (SSSR count). The first-order valence-electron chi connectivity index (χ1n) is 9.18. The lowest BCUT2D eigenvalue weighted by Crippen LogP contribution is -2.14. The van der Waals surface area contributed by atoms with E-state index >= 15 is 0 Å². The predicted molar refractivity (Wildman–Crippen MR) is 117 cm³/mol. The van der Waals surface area contributed by atoms with Crippen LogP contribution in [0.3, 0.4) is 0 Å². The maximum atomic E-state index is 12.4. The van der Waals surface area contributed by atoms with Crippen LogP contribution in [0.5, 0.6) is 5.75 Å². The predicted octanol–water partition coefficient (Wildman–Crippen LogP) is 3.46. The molecule has 0 heterocycles. The number of amides is 1. The van der Waals surface area contributed by atoms with Crippen molar-refractivity contribution in [1.29, 1.82) is 5.26 Å². The number of carbonyl (C=O) groups excluding carboxylic acids is 1. The summed E-state index contributed by atoms with van der Waals surface area (Å²) in [5, 5.41) is 17.0. The SMILES string of the molecule is N#CC(=Cc1ccc(OCc2ccccc2)cc1)C(=O)Nc1ccc(S(N)(=O)=O)cc1. The second-order valence-electron chi connectivity index (χ2n) is 6.54. The quantitative estimate of drug-likeness (QED) is 0.436. The molecule has 0 radical (unpaired) electrons. The van der Waals surface area contributed by atoms with Crippen molar-refractivity contribution in [2.75, 3.05) is 5.32 Å². The molecule has 0 aliphatic carbocycles. The lowest BCUT2D eigenvalue weighted by Gasteiger charge is -2.07. The Balaban J connectivity index is 1.65. The number of primary sulfonamides is 1. The minimum atomic E-state index is -3.82. The monoisotopic (exact) mass is 433 g/mol. The van der Waals surface area contributed by atoms with Gasteiger partial charge in [-0.3, -0.25) is 4.79 Å². The van der Waals surface area contributed by atoms with E-state index < -0.39 is 15.9 Å². The smallest absolute Gasteiger partial charge is 0.266 e. The largest absolute Gasteiger partial charge is 0.489 e. The zero-order valence-corrected chi connectivity index (χ0v) is 17.2. The van der Waals surface area contributed by atoms with Crippen molar-refractivity contribution in [2.45, 2.75) is 11.5 Å². The number of nitrogens with two attached hydrogens (primary N) is 1. The van der Waals surface area contributed by atoms with Crippen LogP contribution in [0.2, 0.25) is 0 Å². The molecule has 3 N–H and O–H groups in total. The molecule has 0 aliphatic rings. The van der Waals surface area contributed by atoms with Gasteiger partial charge in [-0.25, -0.2) is 13.6 Å². The molecule has 0 spiro atoms. The third-order valence-corrected chi connectivity index (χ3v) is 5.17. The Hall–Kier alpha value is -3.93. The number of hydrogen-bond acceptors (Lipinski definition) is 5. The van der Waals surface area contributed by atoms with E-state index in [2.05, 4.69) is 5.32 Å². The lowest BCUT2D eigenvalue weighted by molar-refractivity contribution is -0.112. The van der Waals surface area contributed by atoms with Crippen LogP contribution in [0, 0.1) is 11.3 Å². The van der Waals surface area contributed by atoms with Crippen LogP contribution < -0.4 is 15.2 Å². The summed E-state index contributed by atoms with van der Waals surface area (Å²) in [5.74, 6) is 0.0502. The van der Waals surface area contributed by atoms with Gasteiger partial charge in [0.25, 0.3) is 5.91 Å². The molecule has 31 heavy (non-hydrogen) atoms. The topological polar surface area (TPSA) is 122 Å². The highest BCUT2D eigenvalue weighted by Gasteiger charge is 2.11. The van der Waals surface area contributed by atoms with Gasteiger partial charge in [-0.1, -0.05) is 42.5 Å². The molecule has 3 aromatic carbocycles. The molecular weight excluding hydrogens is 414 g/mol. The highest BCUT2D eigenvalue weighted by molar-refractivity contribution is 7.89. The third kappa shape index (κ3) is 6.27. The first kappa shape index (κ1) is 21.8. The summed E-state index contributed by atoms with van der Waals surface area (Å²) in [6.07, 6.45) is 1.45. The van der Waals surface area contributed by atoms with Crippen molar-refractivity contribution in [2.24, 2.45) is 5.14 Å². The summed E-state index contributed by atoms with van der Waals surface area (Å²) in [7, 11) is -3.82. The number of carbonyl (C=O) groups is 1. The van der Waals surface area contributed by atoms with E-state index in [1.165, 1.54) is 30.3 Å². The number of nitrogens with one attached hydrogen (secondary N) is 1. The Morgan fingerprint density at radius 1 is 1.00 bits per heavy atom. The highest BCUT2D eigenvalue weighted by atomic mass is 32.2. The fourth-order valence-electron chi connectivity index (χ4n) is 2.64. The van der Waals surface area contributed by atoms with Gasteiger partial charge in [0.1, 0.15) is 24.0 Å². The Bertz CT molecular complexity index is 1230. The maximum Gasteiger partial charge on any atom is 0.266 e. The van der Waals surface area contributed by atoms with Crippen molar-refractivity contribution in [3.63, 3.8) is 0 Å². The van der Waals surface area contributed by atoms with Gasteiger partial charge >= 0.3 is 0 Å². The van der Waals surface area contributed by atoms with Crippen LogP contribution in [0.25, 0.3) is 6.08 Å². The van der Waals surface area contributed by atoms with Crippen LogP contribution in [-0.2, 0) is 21.4 Å². The molecular formula is C23H19N3O4S. The first-order valence-corrected chi connectivity index (χ1v) is 10.7. The van der Waals surface area contributed by atoms with E-state index in [1.54, 1.807) is 24.3 Å². The zero-order valence-electron chi connectivity index (χ0n) is 16.4. The Kier molecular flexibility index (Phi) is 6.82. The first-order chi connectivity index (χ1) is 14.8. The maximum absolute atomic E-state index is 12.4. The van der Waals surface area contributed by atoms with Crippen LogP contribution in [0.1, 0.15) is 11.1 Å². The summed E-state index contributed by atoms with van der Waals surface area (Å²) in [5.41, 5.74) is 1.94. The lowest BCUT2D eigenvalue weighted by atomic mass is 10.1. The van der Waals surface area contributed by atoms with Crippen molar-refractivity contribution in [3.8, 4) is 11.8 Å². The number of nitrogens with zero attached hydrogens (tertiary/aromatic N) is 1. The fourth-order valence-corrected chi connectivity index (χ4v) is 3.16. The second-order valence-corrected chi connectivity index (χ2v) is 8.10. The average molecular weight is 433 g/mol. The second kappa shape index (κ2) is 9.71. The van der Waals surface area contributed by atoms with Gasteiger partial charge in [0.15, 0.2) is 0 Å². The van der Waals surface area contributed by atoms with Crippen LogP contribution in [0.15, 0.2) is 89.3 Å². The standard InChI is InChI=1S/C23H19N3O4S/c24-15-19(23(27)26-20-8-12-22(13-9-20)31(25,28)29)14-17-6-10-21(11-7-17)30-16-18-4-2-1-3-5-18/h1-14H,16H2,(H,26,27)(H2,25,28,29). The highest BCUT2D eigenvalue weighted by Crippen LogP contribution is 2.18.